The third kappa shape index (κ3) is 3.43. The molecule has 6 heteroatoms. The molecular weight excluding hydrogens is 293 g/mol. The minimum Gasteiger partial charge on any atom is -0.323 e. The Bertz CT molecular complexity index is 398. The molecule has 0 bridgehead atoms. The summed E-state index contributed by atoms with van der Waals surface area (Å²) in [6.45, 7) is 3.78. The van der Waals surface area contributed by atoms with Crippen LogP contribution in [0, 0.1) is 5.92 Å². The van der Waals surface area contributed by atoms with Crippen molar-refractivity contribution >= 4 is 39.1 Å². The van der Waals surface area contributed by atoms with Gasteiger partial charge in [-0.15, -0.1) is 0 Å². The normalized spacial score (nSPS) is 12.6. The van der Waals surface area contributed by atoms with Gasteiger partial charge in [0.05, 0.1) is 22.4 Å². The average Bonchev–Trinajstić information content (AvgIpc) is 2.22. The minimum absolute atomic E-state index is 0.0868. The molecular formula is C10H13BrClN3O. The Labute approximate surface area is 108 Å². The quantitative estimate of drug-likeness (QED) is 0.843. The van der Waals surface area contributed by atoms with Gasteiger partial charge in [-0.25, -0.2) is 4.98 Å². The number of anilines is 1. The van der Waals surface area contributed by atoms with Crippen molar-refractivity contribution in [1.29, 1.82) is 0 Å². The molecule has 0 aromatic carbocycles. The van der Waals surface area contributed by atoms with E-state index in [1.54, 1.807) is 6.07 Å². The zero-order valence-electron chi connectivity index (χ0n) is 9.00. The van der Waals surface area contributed by atoms with Crippen LogP contribution >= 0.6 is 27.5 Å². The Balaban J connectivity index is 2.74. The first-order chi connectivity index (χ1) is 7.41. The fourth-order valence-corrected chi connectivity index (χ4v) is 1.47. The summed E-state index contributed by atoms with van der Waals surface area (Å²) in [5, 5.41) is 3.03. The fraction of sp³-hybridized carbons (Fsp3) is 0.400. The van der Waals surface area contributed by atoms with E-state index in [1.807, 2.05) is 13.8 Å². The molecule has 16 heavy (non-hydrogen) atoms. The van der Waals surface area contributed by atoms with E-state index in [1.165, 1.54) is 6.20 Å². The minimum atomic E-state index is -0.533. The van der Waals surface area contributed by atoms with E-state index in [9.17, 15) is 4.79 Å². The third-order valence-electron chi connectivity index (χ3n) is 2.08. The number of carbonyl (C=O) groups is 1. The molecule has 0 aliphatic rings. The molecule has 1 amide bonds. The van der Waals surface area contributed by atoms with Crippen molar-refractivity contribution in [1.82, 2.24) is 4.98 Å². The van der Waals surface area contributed by atoms with Crippen LogP contribution in [0.4, 0.5) is 5.69 Å². The lowest BCUT2D eigenvalue weighted by atomic mass is 10.1. The van der Waals surface area contributed by atoms with E-state index >= 15 is 0 Å². The standard InChI is InChI=1S/C10H13BrClN3O/c1-5(2)8(13)10(16)15-6-3-7(11)9(12)14-4-6/h3-5,8H,13H2,1-2H3,(H,15,16)/t8-/m1/s1. The summed E-state index contributed by atoms with van der Waals surface area (Å²) in [5.41, 5.74) is 6.27. The van der Waals surface area contributed by atoms with Crippen LogP contribution in [0.1, 0.15) is 13.8 Å². The van der Waals surface area contributed by atoms with E-state index in [0.29, 0.717) is 15.3 Å². The second kappa shape index (κ2) is 5.61. The molecule has 1 heterocycles. The SMILES string of the molecule is CC(C)[C@@H](N)C(=O)Nc1cnc(Cl)c(Br)c1. The van der Waals surface area contributed by atoms with Crippen LogP contribution in [-0.2, 0) is 4.79 Å². The van der Waals surface area contributed by atoms with Crippen molar-refractivity contribution in [2.75, 3.05) is 5.32 Å². The van der Waals surface area contributed by atoms with E-state index in [2.05, 4.69) is 26.2 Å². The van der Waals surface area contributed by atoms with Gasteiger partial charge in [-0.3, -0.25) is 4.79 Å². The maximum absolute atomic E-state index is 11.6. The predicted octanol–water partition coefficient (Wildman–Crippen LogP) is 2.42. The number of halogens is 2. The lowest BCUT2D eigenvalue weighted by Crippen LogP contribution is -2.39. The number of aromatic nitrogens is 1. The number of hydrogen-bond acceptors (Lipinski definition) is 3. The number of nitrogens with zero attached hydrogens (tertiary/aromatic N) is 1. The van der Waals surface area contributed by atoms with E-state index in [-0.39, 0.29) is 11.8 Å². The molecule has 1 rings (SSSR count). The van der Waals surface area contributed by atoms with Crippen molar-refractivity contribution in [3.8, 4) is 0 Å². The van der Waals surface area contributed by atoms with E-state index < -0.39 is 6.04 Å². The summed E-state index contributed by atoms with van der Waals surface area (Å²) in [5.74, 6) is -0.144. The van der Waals surface area contributed by atoms with Gasteiger partial charge in [0.15, 0.2) is 0 Å². The zero-order valence-corrected chi connectivity index (χ0v) is 11.3. The topological polar surface area (TPSA) is 68.0 Å². The summed E-state index contributed by atoms with van der Waals surface area (Å²) in [6, 6.07) is 1.15. The molecule has 1 aromatic heterocycles. The van der Waals surface area contributed by atoms with Crippen LogP contribution in [0.5, 0.6) is 0 Å². The van der Waals surface area contributed by atoms with Gasteiger partial charge < -0.3 is 11.1 Å². The monoisotopic (exact) mass is 305 g/mol. The molecule has 1 aromatic rings. The molecule has 4 nitrogen and oxygen atoms in total. The maximum atomic E-state index is 11.6. The van der Waals surface area contributed by atoms with Crippen molar-refractivity contribution in [3.05, 3.63) is 21.9 Å². The summed E-state index contributed by atoms with van der Waals surface area (Å²) in [7, 11) is 0. The molecule has 0 unspecified atom stereocenters. The molecule has 1 atom stereocenters. The average molecular weight is 307 g/mol. The Morgan fingerprint density at radius 3 is 2.75 bits per heavy atom. The van der Waals surface area contributed by atoms with Crippen LogP contribution < -0.4 is 11.1 Å². The van der Waals surface area contributed by atoms with Crippen molar-refractivity contribution in [2.24, 2.45) is 11.7 Å². The van der Waals surface area contributed by atoms with E-state index in [0.717, 1.165) is 0 Å². The van der Waals surface area contributed by atoms with Gasteiger partial charge in [0.2, 0.25) is 5.91 Å². The Kier molecular flexibility index (Phi) is 4.70. The highest BCUT2D eigenvalue weighted by molar-refractivity contribution is 9.10. The second-order valence-electron chi connectivity index (χ2n) is 3.76. The number of nitrogens with two attached hydrogens (primary N) is 1. The highest BCUT2D eigenvalue weighted by Crippen LogP contribution is 2.22. The molecule has 0 saturated carbocycles. The van der Waals surface area contributed by atoms with Crippen LogP contribution in [0.2, 0.25) is 5.15 Å². The number of nitrogens with one attached hydrogen (secondary N) is 1. The molecule has 3 N–H and O–H groups in total. The Hall–Kier alpha value is -0.650. The first-order valence-electron chi connectivity index (χ1n) is 4.79. The number of pyridine rings is 1. The molecule has 0 spiro atoms. The van der Waals surface area contributed by atoms with Gasteiger partial charge in [0.25, 0.3) is 0 Å². The van der Waals surface area contributed by atoms with Gasteiger partial charge in [0, 0.05) is 0 Å². The molecule has 0 aliphatic heterocycles. The van der Waals surface area contributed by atoms with Crippen LogP contribution in [-0.4, -0.2) is 16.9 Å². The van der Waals surface area contributed by atoms with E-state index in [4.69, 9.17) is 17.3 Å². The smallest absolute Gasteiger partial charge is 0.241 e. The van der Waals surface area contributed by atoms with Gasteiger partial charge in [-0.2, -0.15) is 0 Å². The van der Waals surface area contributed by atoms with Gasteiger partial charge in [-0.1, -0.05) is 25.4 Å². The second-order valence-corrected chi connectivity index (χ2v) is 4.97. The third-order valence-corrected chi connectivity index (χ3v) is 3.22. The lowest BCUT2D eigenvalue weighted by Gasteiger charge is -2.15. The molecule has 88 valence electrons. The number of amides is 1. The first kappa shape index (κ1) is 13.4. The number of hydrogen-bond donors (Lipinski definition) is 2. The Morgan fingerprint density at radius 1 is 1.62 bits per heavy atom. The van der Waals surface area contributed by atoms with Crippen molar-refractivity contribution in [2.45, 2.75) is 19.9 Å². The number of rotatable bonds is 3. The first-order valence-corrected chi connectivity index (χ1v) is 5.96. The van der Waals surface area contributed by atoms with Crippen molar-refractivity contribution < 1.29 is 4.79 Å². The summed E-state index contributed by atoms with van der Waals surface area (Å²) >= 11 is 8.96. The summed E-state index contributed by atoms with van der Waals surface area (Å²) < 4.78 is 0.630. The van der Waals surface area contributed by atoms with Crippen LogP contribution in [0.15, 0.2) is 16.7 Å². The van der Waals surface area contributed by atoms with Crippen LogP contribution in [0.3, 0.4) is 0 Å². The van der Waals surface area contributed by atoms with Gasteiger partial charge in [-0.05, 0) is 27.9 Å². The summed E-state index contributed by atoms with van der Waals surface area (Å²) in [6.07, 6.45) is 1.48. The van der Waals surface area contributed by atoms with Gasteiger partial charge >= 0.3 is 0 Å². The summed E-state index contributed by atoms with van der Waals surface area (Å²) in [4.78, 5) is 15.5. The fourth-order valence-electron chi connectivity index (χ4n) is 1.02. The molecule has 0 radical (unpaired) electrons. The Morgan fingerprint density at radius 2 is 2.25 bits per heavy atom. The van der Waals surface area contributed by atoms with Crippen LogP contribution in [0.25, 0.3) is 0 Å². The largest absolute Gasteiger partial charge is 0.323 e. The van der Waals surface area contributed by atoms with Gasteiger partial charge in [0.1, 0.15) is 5.15 Å². The molecule has 0 saturated heterocycles. The zero-order chi connectivity index (χ0) is 12.3. The molecule has 0 fully saturated rings. The highest BCUT2D eigenvalue weighted by Gasteiger charge is 2.17. The number of carbonyl (C=O) groups excluding carboxylic acids is 1. The molecule has 0 aliphatic carbocycles. The predicted molar refractivity (Wildman–Crippen MR) is 68.4 cm³/mol. The maximum Gasteiger partial charge on any atom is 0.241 e. The van der Waals surface area contributed by atoms with Crippen molar-refractivity contribution in [3.63, 3.8) is 0 Å². The highest BCUT2D eigenvalue weighted by atomic mass is 79.9. The lowest BCUT2D eigenvalue weighted by molar-refractivity contribution is -0.118.